The van der Waals surface area contributed by atoms with Gasteiger partial charge in [0.25, 0.3) is 0 Å². The zero-order chi connectivity index (χ0) is 14.1. The molecule has 1 aromatic carbocycles. The van der Waals surface area contributed by atoms with Gasteiger partial charge in [0, 0.05) is 14.0 Å². The van der Waals surface area contributed by atoms with Gasteiger partial charge in [-0.05, 0) is 17.7 Å². The summed E-state index contributed by atoms with van der Waals surface area (Å²) in [5, 5.41) is 0.444. The average molecular weight is 289 g/mol. The van der Waals surface area contributed by atoms with Gasteiger partial charge in [0.15, 0.2) is 6.79 Å². The molecular formula is C13H17ClO5. The van der Waals surface area contributed by atoms with Crippen LogP contribution in [0, 0.1) is 0 Å². The Morgan fingerprint density at radius 1 is 1.32 bits per heavy atom. The molecule has 0 saturated carbocycles. The van der Waals surface area contributed by atoms with Crippen LogP contribution in [-0.4, -0.2) is 33.1 Å². The van der Waals surface area contributed by atoms with Crippen LogP contribution < -0.4 is 4.74 Å². The highest BCUT2D eigenvalue weighted by atomic mass is 35.5. The molecule has 0 amide bonds. The van der Waals surface area contributed by atoms with E-state index in [0.29, 0.717) is 24.0 Å². The Morgan fingerprint density at radius 3 is 2.74 bits per heavy atom. The van der Waals surface area contributed by atoms with Crippen molar-refractivity contribution in [3.8, 4) is 5.75 Å². The maximum Gasteiger partial charge on any atom is 0.302 e. The van der Waals surface area contributed by atoms with Crippen molar-refractivity contribution in [3.05, 3.63) is 28.8 Å². The van der Waals surface area contributed by atoms with E-state index in [0.717, 1.165) is 5.56 Å². The molecule has 106 valence electrons. The minimum Gasteiger partial charge on any atom is -0.466 e. The number of hydrogen-bond donors (Lipinski definition) is 0. The zero-order valence-corrected chi connectivity index (χ0v) is 11.7. The first kappa shape index (κ1) is 15.8. The Morgan fingerprint density at radius 2 is 2.11 bits per heavy atom. The SMILES string of the molecule is COCCOCOc1ccc(COC(C)=O)cc1Cl. The molecule has 1 aromatic rings. The Bertz CT molecular complexity index is 408. The molecule has 0 aliphatic heterocycles. The second-order valence-corrected chi connectivity index (χ2v) is 4.12. The van der Waals surface area contributed by atoms with Crippen LogP contribution in [0.1, 0.15) is 12.5 Å². The molecule has 0 spiro atoms. The minimum atomic E-state index is -0.331. The van der Waals surface area contributed by atoms with Crippen molar-refractivity contribution in [1.82, 2.24) is 0 Å². The van der Waals surface area contributed by atoms with E-state index in [1.165, 1.54) is 6.92 Å². The summed E-state index contributed by atoms with van der Waals surface area (Å²) < 4.78 is 20.2. The third kappa shape index (κ3) is 6.42. The number of rotatable bonds is 8. The molecule has 0 heterocycles. The van der Waals surface area contributed by atoms with Gasteiger partial charge >= 0.3 is 5.97 Å². The smallest absolute Gasteiger partial charge is 0.302 e. The maximum atomic E-state index is 10.7. The van der Waals surface area contributed by atoms with Crippen molar-refractivity contribution in [3.63, 3.8) is 0 Å². The number of carbonyl (C=O) groups excluding carboxylic acids is 1. The normalized spacial score (nSPS) is 10.3. The molecule has 0 unspecified atom stereocenters. The number of carbonyl (C=O) groups is 1. The van der Waals surface area contributed by atoms with Crippen molar-refractivity contribution in [2.45, 2.75) is 13.5 Å². The number of benzene rings is 1. The van der Waals surface area contributed by atoms with Crippen molar-refractivity contribution in [1.29, 1.82) is 0 Å². The van der Waals surface area contributed by atoms with E-state index in [2.05, 4.69) is 0 Å². The van der Waals surface area contributed by atoms with Gasteiger partial charge in [-0.2, -0.15) is 0 Å². The molecule has 19 heavy (non-hydrogen) atoms. The first-order valence-electron chi connectivity index (χ1n) is 5.74. The molecule has 5 nitrogen and oxygen atoms in total. The predicted molar refractivity (Wildman–Crippen MR) is 70.2 cm³/mol. The quantitative estimate of drug-likeness (QED) is 0.418. The van der Waals surface area contributed by atoms with Gasteiger partial charge in [-0.25, -0.2) is 0 Å². The van der Waals surface area contributed by atoms with Crippen LogP contribution in [-0.2, 0) is 25.6 Å². The fraction of sp³-hybridized carbons (Fsp3) is 0.462. The molecule has 0 saturated heterocycles. The molecule has 0 aromatic heterocycles. The van der Waals surface area contributed by atoms with Crippen LogP contribution in [0.5, 0.6) is 5.75 Å². The Balaban J connectivity index is 2.41. The van der Waals surface area contributed by atoms with E-state index in [1.54, 1.807) is 25.3 Å². The van der Waals surface area contributed by atoms with Crippen molar-refractivity contribution in [2.24, 2.45) is 0 Å². The summed E-state index contributed by atoms with van der Waals surface area (Å²) in [6, 6.07) is 5.18. The first-order chi connectivity index (χ1) is 9.13. The average Bonchev–Trinajstić information content (AvgIpc) is 2.38. The summed E-state index contributed by atoms with van der Waals surface area (Å²) in [5.41, 5.74) is 0.799. The lowest BCUT2D eigenvalue weighted by Gasteiger charge is -2.10. The summed E-state index contributed by atoms with van der Waals surface area (Å²) in [6.07, 6.45) is 0. The van der Waals surface area contributed by atoms with Crippen LogP contribution in [0.4, 0.5) is 0 Å². The number of esters is 1. The van der Waals surface area contributed by atoms with Gasteiger partial charge in [-0.15, -0.1) is 0 Å². The Hall–Kier alpha value is -1.30. The largest absolute Gasteiger partial charge is 0.466 e. The standard InChI is InChI=1S/C13H17ClO5/c1-10(15)18-8-11-3-4-13(12(14)7-11)19-9-17-6-5-16-2/h3-4,7H,5-6,8-9H2,1-2H3. The molecule has 0 radical (unpaired) electrons. The van der Waals surface area contributed by atoms with Crippen LogP contribution >= 0.6 is 11.6 Å². The van der Waals surface area contributed by atoms with Gasteiger partial charge in [-0.1, -0.05) is 17.7 Å². The van der Waals surface area contributed by atoms with Gasteiger partial charge in [0.05, 0.1) is 18.2 Å². The van der Waals surface area contributed by atoms with Crippen molar-refractivity contribution >= 4 is 17.6 Å². The van der Waals surface area contributed by atoms with Crippen LogP contribution in [0.25, 0.3) is 0 Å². The summed E-state index contributed by atoms with van der Waals surface area (Å²) in [7, 11) is 1.60. The van der Waals surface area contributed by atoms with E-state index in [1.807, 2.05) is 0 Å². The lowest BCUT2D eigenvalue weighted by molar-refractivity contribution is -0.142. The molecule has 0 aliphatic carbocycles. The van der Waals surface area contributed by atoms with Gasteiger partial charge in [0.1, 0.15) is 12.4 Å². The molecule has 0 atom stereocenters. The van der Waals surface area contributed by atoms with Crippen LogP contribution in [0.15, 0.2) is 18.2 Å². The molecule has 0 bridgehead atoms. The van der Waals surface area contributed by atoms with Crippen molar-refractivity contribution in [2.75, 3.05) is 27.1 Å². The van der Waals surface area contributed by atoms with Gasteiger partial charge in [0.2, 0.25) is 0 Å². The highest BCUT2D eigenvalue weighted by molar-refractivity contribution is 6.32. The van der Waals surface area contributed by atoms with Crippen molar-refractivity contribution < 1.29 is 23.7 Å². The molecule has 0 N–H and O–H groups in total. The first-order valence-corrected chi connectivity index (χ1v) is 6.12. The van der Waals surface area contributed by atoms with Gasteiger partial charge in [-0.3, -0.25) is 4.79 Å². The lowest BCUT2D eigenvalue weighted by atomic mass is 10.2. The lowest BCUT2D eigenvalue weighted by Crippen LogP contribution is -2.08. The van der Waals surface area contributed by atoms with E-state index < -0.39 is 0 Å². The van der Waals surface area contributed by atoms with Crippen LogP contribution in [0.2, 0.25) is 5.02 Å². The van der Waals surface area contributed by atoms with E-state index in [4.69, 9.17) is 30.5 Å². The fourth-order valence-corrected chi connectivity index (χ4v) is 1.50. The second kappa shape index (κ2) is 8.74. The number of ether oxygens (including phenoxy) is 4. The number of halogens is 1. The Labute approximate surface area is 117 Å². The second-order valence-electron chi connectivity index (χ2n) is 3.71. The predicted octanol–water partition coefficient (Wildman–Crippen LogP) is 2.40. The highest BCUT2D eigenvalue weighted by Gasteiger charge is 2.04. The third-order valence-electron chi connectivity index (χ3n) is 2.17. The number of hydrogen-bond acceptors (Lipinski definition) is 5. The fourth-order valence-electron chi connectivity index (χ4n) is 1.24. The van der Waals surface area contributed by atoms with E-state index in [9.17, 15) is 4.79 Å². The van der Waals surface area contributed by atoms with Crippen LogP contribution in [0.3, 0.4) is 0 Å². The topological polar surface area (TPSA) is 54.0 Å². The Kier molecular flexibility index (Phi) is 7.25. The number of methoxy groups -OCH3 is 1. The zero-order valence-electron chi connectivity index (χ0n) is 11.0. The molecular weight excluding hydrogens is 272 g/mol. The highest BCUT2D eigenvalue weighted by Crippen LogP contribution is 2.25. The maximum absolute atomic E-state index is 10.7. The third-order valence-corrected chi connectivity index (χ3v) is 2.46. The van der Waals surface area contributed by atoms with E-state index >= 15 is 0 Å². The van der Waals surface area contributed by atoms with Gasteiger partial charge < -0.3 is 18.9 Å². The summed E-state index contributed by atoms with van der Waals surface area (Å²) in [4.78, 5) is 10.7. The minimum absolute atomic E-state index is 0.104. The molecule has 1 rings (SSSR count). The summed E-state index contributed by atoms with van der Waals surface area (Å²) in [5.74, 6) is 0.189. The summed E-state index contributed by atoms with van der Waals surface area (Å²) in [6.45, 7) is 2.62. The molecule has 6 heteroatoms. The summed E-state index contributed by atoms with van der Waals surface area (Å²) >= 11 is 6.04. The molecule has 0 fully saturated rings. The van der Waals surface area contributed by atoms with E-state index in [-0.39, 0.29) is 19.4 Å². The monoisotopic (exact) mass is 288 g/mol. The molecule has 0 aliphatic rings.